The molecule has 2 aromatic rings. The second-order valence-corrected chi connectivity index (χ2v) is 8.03. The van der Waals surface area contributed by atoms with E-state index >= 15 is 0 Å². The molecule has 2 heterocycles. The fourth-order valence-corrected chi connectivity index (χ4v) is 3.71. The van der Waals surface area contributed by atoms with Gasteiger partial charge in [-0.15, -0.1) is 11.3 Å². The van der Waals surface area contributed by atoms with Crippen LogP contribution in [0.4, 0.5) is 0 Å². The van der Waals surface area contributed by atoms with Gasteiger partial charge in [-0.2, -0.15) is 0 Å². The summed E-state index contributed by atoms with van der Waals surface area (Å²) in [5.41, 5.74) is 2.40. The molecule has 1 amide bonds. The molecular weight excluding hydrogens is 372 g/mol. The number of nitrogens with zero attached hydrogens (tertiary/aromatic N) is 2. The van der Waals surface area contributed by atoms with Crippen molar-refractivity contribution >= 4 is 40.3 Å². The summed E-state index contributed by atoms with van der Waals surface area (Å²) >= 11 is 7.16. The van der Waals surface area contributed by atoms with Crippen molar-refractivity contribution in [2.75, 3.05) is 14.1 Å². The van der Waals surface area contributed by atoms with E-state index in [-0.39, 0.29) is 17.8 Å². The summed E-state index contributed by atoms with van der Waals surface area (Å²) in [6.45, 7) is 0. The van der Waals surface area contributed by atoms with E-state index in [1.54, 1.807) is 43.3 Å². The summed E-state index contributed by atoms with van der Waals surface area (Å²) in [7, 11) is 3.45. The van der Waals surface area contributed by atoms with Crippen molar-refractivity contribution in [3.05, 3.63) is 56.7 Å². The average molecular weight is 391 g/mol. The first-order chi connectivity index (χ1) is 12.4. The SMILES string of the molecule is CN(C)C(=O)c1ccc(C2=NOC(CCC(=O)c3ccc(Cl)s3)C2)cc1. The minimum absolute atomic E-state index is 0.0359. The summed E-state index contributed by atoms with van der Waals surface area (Å²) in [4.78, 5) is 31.8. The van der Waals surface area contributed by atoms with Gasteiger partial charge in [0.25, 0.3) is 5.91 Å². The second kappa shape index (κ2) is 8.01. The van der Waals surface area contributed by atoms with E-state index in [2.05, 4.69) is 5.16 Å². The van der Waals surface area contributed by atoms with Crippen LogP contribution in [0.15, 0.2) is 41.6 Å². The fourth-order valence-electron chi connectivity index (χ4n) is 2.70. The number of oxime groups is 1. The van der Waals surface area contributed by atoms with E-state index in [1.807, 2.05) is 12.1 Å². The van der Waals surface area contributed by atoms with Gasteiger partial charge in [-0.05, 0) is 36.2 Å². The summed E-state index contributed by atoms with van der Waals surface area (Å²) in [6.07, 6.45) is 1.56. The highest BCUT2D eigenvalue weighted by Crippen LogP contribution is 2.25. The molecule has 1 atom stereocenters. The van der Waals surface area contributed by atoms with Gasteiger partial charge in [0.15, 0.2) is 5.78 Å². The Kier molecular flexibility index (Phi) is 5.74. The number of hydrogen-bond acceptors (Lipinski definition) is 5. The van der Waals surface area contributed by atoms with E-state index in [0.29, 0.717) is 34.0 Å². The number of thiophene rings is 1. The van der Waals surface area contributed by atoms with Crippen molar-refractivity contribution < 1.29 is 14.4 Å². The first-order valence-corrected chi connectivity index (χ1v) is 9.47. The maximum absolute atomic E-state index is 12.1. The van der Waals surface area contributed by atoms with E-state index in [1.165, 1.54) is 11.3 Å². The third-order valence-electron chi connectivity index (χ3n) is 4.15. The predicted molar refractivity (Wildman–Crippen MR) is 103 cm³/mol. The molecule has 5 nitrogen and oxygen atoms in total. The lowest BCUT2D eigenvalue weighted by Crippen LogP contribution is -2.21. The van der Waals surface area contributed by atoms with E-state index < -0.39 is 0 Å². The van der Waals surface area contributed by atoms with Gasteiger partial charge in [0.1, 0.15) is 6.10 Å². The molecule has 0 fully saturated rings. The molecular formula is C19H19ClN2O3S. The van der Waals surface area contributed by atoms with Gasteiger partial charge >= 0.3 is 0 Å². The van der Waals surface area contributed by atoms with Crippen LogP contribution < -0.4 is 0 Å². The molecule has 26 heavy (non-hydrogen) atoms. The Hall–Kier alpha value is -2.18. The van der Waals surface area contributed by atoms with Gasteiger partial charge in [0.2, 0.25) is 0 Å². The molecule has 0 bridgehead atoms. The standard InChI is InChI=1S/C19H19ClN2O3S/c1-22(2)19(24)13-5-3-12(4-6-13)15-11-14(25-21-15)7-8-16(23)17-9-10-18(20)26-17/h3-6,9-10,14H,7-8,11H2,1-2H3. The molecule has 0 saturated heterocycles. The topological polar surface area (TPSA) is 59.0 Å². The van der Waals surface area contributed by atoms with Gasteiger partial charge < -0.3 is 9.74 Å². The van der Waals surface area contributed by atoms with Crippen LogP contribution in [0.2, 0.25) is 4.34 Å². The Morgan fingerprint density at radius 2 is 1.96 bits per heavy atom. The number of carbonyl (C=O) groups is 2. The molecule has 3 rings (SSSR count). The highest BCUT2D eigenvalue weighted by molar-refractivity contribution is 7.18. The first-order valence-electron chi connectivity index (χ1n) is 8.27. The van der Waals surface area contributed by atoms with Gasteiger partial charge in [-0.25, -0.2) is 0 Å². The van der Waals surface area contributed by atoms with Crippen LogP contribution in [0.5, 0.6) is 0 Å². The van der Waals surface area contributed by atoms with Crippen molar-refractivity contribution in [1.29, 1.82) is 0 Å². The molecule has 0 saturated carbocycles. The third kappa shape index (κ3) is 4.31. The zero-order valence-electron chi connectivity index (χ0n) is 14.6. The Bertz CT molecular complexity index is 843. The molecule has 136 valence electrons. The van der Waals surface area contributed by atoms with Crippen molar-refractivity contribution in [1.82, 2.24) is 4.90 Å². The Balaban J connectivity index is 1.53. The molecule has 1 aromatic heterocycles. The summed E-state index contributed by atoms with van der Waals surface area (Å²) in [5.74, 6) is 0.0386. The monoisotopic (exact) mass is 390 g/mol. The summed E-state index contributed by atoms with van der Waals surface area (Å²) in [6, 6.07) is 10.8. The average Bonchev–Trinajstić information content (AvgIpc) is 3.28. The maximum Gasteiger partial charge on any atom is 0.253 e. The number of benzene rings is 1. The number of carbonyl (C=O) groups excluding carboxylic acids is 2. The molecule has 1 aromatic carbocycles. The molecule has 0 spiro atoms. The fraction of sp³-hybridized carbons (Fsp3) is 0.316. The molecule has 1 unspecified atom stereocenters. The molecule has 0 N–H and O–H groups in total. The largest absolute Gasteiger partial charge is 0.392 e. The highest BCUT2D eigenvalue weighted by Gasteiger charge is 2.23. The van der Waals surface area contributed by atoms with Gasteiger partial charge in [-0.1, -0.05) is 28.9 Å². The van der Waals surface area contributed by atoms with Gasteiger partial charge in [-0.3, -0.25) is 9.59 Å². The second-order valence-electron chi connectivity index (χ2n) is 6.31. The van der Waals surface area contributed by atoms with Crippen molar-refractivity contribution in [2.45, 2.75) is 25.4 Å². The Morgan fingerprint density at radius 3 is 2.58 bits per heavy atom. The molecule has 1 aliphatic rings. The summed E-state index contributed by atoms with van der Waals surface area (Å²) < 4.78 is 0.618. The summed E-state index contributed by atoms with van der Waals surface area (Å²) in [5, 5.41) is 4.14. The quantitative estimate of drug-likeness (QED) is 0.692. The lowest BCUT2D eigenvalue weighted by molar-refractivity contribution is 0.0720. The van der Waals surface area contributed by atoms with Crippen LogP contribution in [0.1, 0.15) is 44.9 Å². The van der Waals surface area contributed by atoms with Crippen molar-refractivity contribution in [2.24, 2.45) is 5.16 Å². The number of amides is 1. The molecule has 0 radical (unpaired) electrons. The zero-order chi connectivity index (χ0) is 18.7. The maximum atomic E-state index is 12.1. The van der Waals surface area contributed by atoms with Crippen molar-refractivity contribution in [3.8, 4) is 0 Å². The Labute approximate surface area is 161 Å². The Morgan fingerprint density at radius 1 is 1.23 bits per heavy atom. The van der Waals surface area contributed by atoms with Crippen LogP contribution in [0.3, 0.4) is 0 Å². The number of halogens is 1. The van der Waals surface area contributed by atoms with E-state index in [0.717, 1.165) is 11.3 Å². The number of rotatable bonds is 6. The zero-order valence-corrected chi connectivity index (χ0v) is 16.1. The van der Waals surface area contributed by atoms with E-state index in [4.69, 9.17) is 16.4 Å². The van der Waals surface area contributed by atoms with Crippen LogP contribution >= 0.6 is 22.9 Å². The smallest absolute Gasteiger partial charge is 0.253 e. The predicted octanol–water partition coefficient (Wildman–Crippen LogP) is 4.26. The third-order valence-corrected chi connectivity index (χ3v) is 5.42. The number of ketones is 1. The normalized spacial score (nSPS) is 16.1. The van der Waals surface area contributed by atoms with E-state index in [9.17, 15) is 9.59 Å². The molecule has 7 heteroatoms. The lowest BCUT2D eigenvalue weighted by Gasteiger charge is -2.10. The number of Topliss-reactive ketones (excluding diaryl/α,β-unsaturated/α-hetero) is 1. The van der Waals surface area contributed by atoms with Crippen LogP contribution in [0, 0.1) is 0 Å². The highest BCUT2D eigenvalue weighted by atomic mass is 35.5. The molecule has 0 aliphatic carbocycles. The van der Waals surface area contributed by atoms with Crippen LogP contribution in [-0.2, 0) is 4.84 Å². The molecule has 1 aliphatic heterocycles. The van der Waals surface area contributed by atoms with Gasteiger partial charge in [0.05, 0.1) is 14.9 Å². The number of hydrogen-bond donors (Lipinski definition) is 0. The lowest BCUT2D eigenvalue weighted by atomic mass is 10.0. The van der Waals surface area contributed by atoms with Crippen LogP contribution in [0.25, 0.3) is 0 Å². The van der Waals surface area contributed by atoms with Crippen molar-refractivity contribution in [3.63, 3.8) is 0 Å². The first kappa shape index (κ1) is 18.6. The van der Waals surface area contributed by atoms with Crippen LogP contribution in [-0.4, -0.2) is 42.5 Å². The minimum Gasteiger partial charge on any atom is -0.392 e. The minimum atomic E-state index is -0.104. The van der Waals surface area contributed by atoms with Gasteiger partial charge in [0, 0.05) is 32.5 Å².